The molecule has 2 aromatic rings. The molecule has 96 valence electrons. The summed E-state index contributed by atoms with van der Waals surface area (Å²) < 4.78 is 5.28. The van der Waals surface area contributed by atoms with E-state index in [2.05, 4.69) is 4.98 Å². The van der Waals surface area contributed by atoms with E-state index in [4.69, 9.17) is 4.74 Å². The molecule has 3 nitrogen and oxygen atoms in total. The normalized spacial score (nSPS) is 12.8. The molecule has 0 saturated carbocycles. The number of aliphatic hydroxyl groups is 1. The number of rotatable bonds is 6. The van der Waals surface area contributed by atoms with Crippen molar-refractivity contribution in [1.29, 1.82) is 0 Å². The van der Waals surface area contributed by atoms with Crippen LogP contribution in [0.3, 0.4) is 0 Å². The maximum Gasteiger partial charge on any atom is 0.0812 e. The third kappa shape index (κ3) is 3.06. The maximum atomic E-state index is 10.2. The van der Waals surface area contributed by atoms with Gasteiger partial charge in [0.15, 0.2) is 0 Å². The molecule has 0 aliphatic heterocycles. The Labute approximate surface area is 107 Å². The van der Waals surface area contributed by atoms with E-state index in [0.29, 0.717) is 13.0 Å². The molecule has 0 spiro atoms. The number of fused-ring (bicyclic) bond motifs is 1. The Balaban J connectivity index is 2.10. The molecule has 0 amide bonds. The average Bonchev–Trinajstić information content (AvgIpc) is 2.43. The number of hydrogen-bond donors (Lipinski definition) is 1. The summed E-state index contributed by atoms with van der Waals surface area (Å²) >= 11 is 0. The molecule has 18 heavy (non-hydrogen) atoms. The zero-order valence-electron chi connectivity index (χ0n) is 10.7. The topological polar surface area (TPSA) is 42.4 Å². The molecule has 1 unspecified atom stereocenters. The number of aromatic nitrogens is 1. The molecule has 0 fully saturated rings. The van der Waals surface area contributed by atoms with E-state index in [1.807, 2.05) is 37.3 Å². The third-order valence-corrected chi connectivity index (χ3v) is 2.99. The molecule has 3 heteroatoms. The van der Waals surface area contributed by atoms with E-state index in [-0.39, 0.29) is 0 Å². The molecule has 0 bridgehead atoms. The number of hydrogen-bond acceptors (Lipinski definition) is 3. The van der Waals surface area contributed by atoms with Gasteiger partial charge < -0.3 is 9.84 Å². The second-order valence-corrected chi connectivity index (χ2v) is 4.28. The zero-order chi connectivity index (χ0) is 12.8. The maximum absolute atomic E-state index is 10.2. The minimum atomic E-state index is -0.468. The Bertz CT molecular complexity index is 493. The first-order valence-corrected chi connectivity index (χ1v) is 6.42. The smallest absolute Gasteiger partial charge is 0.0812 e. The fraction of sp³-hybridized carbons (Fsp3) is 0.400. The highest BCUT2D eigenvalue weighted by Gasteiger charge is 2.11. The third-order valence-electron chi connectivity index (χ3n) is 2.99. The van der Waals surface area contributed by atoms with Gasteiger partial charge in [0, 0.05) is 30.4 Å². The van der Waals surface area contributed by atoms with Crippen LogP contribution in [0.15, 0.2) is 36.5 Å². The van der Waals surface area contributed by atoms with E-state index in [1.54, 1.807) is 6.20 Å². The molecule has 0 aliphatic rings. The van der Waals surface area contributed by atoms with Crippen molar-refractivity contribution >= 4 is 10.9 Å². The first-order valence-electron chi connectivity index (χ1n) is 6.42. The van der Waals surface area contributed by atoms with Crippen LogP contribution in [0, 0.1) is 0 Å². The van der Waals surface area contributed by atoms with Gasteiger partial charge in [-0.25, -0.2) is 0 Å². The van der Waals surface area contributed by atoms with Gasteiger partial charge in [-0.1, -0.05) is 24.3 Å². The molecule has 0 aliphatic carbocycles. The number of benzene rings is 1. The van der Waals surface area contributed by atoms with Crippen LogP contribution in [0.1, 0.15) is 31.4 Å². The van der Waals surface area contributed by atoms with Gasteiger partial charge >= 0.3 is 0 Å². The van der Waals surface area contributed by atoms with Crippen LogP contribution in [-0.4, -0.2) is 23.3 Å². The second kappa shape index (κ2) is 6.47. The van der Waals surface area contributed by atoms with Crippen molar-refractivity contribution in [3.8, 4) is 0 Å². The lowest BCUT2D eigenvalue weighted by atomic mass is 10.0. The van der Waals surface area contributed by atoms with Crippen molar-refractivity contribution in [1.82, 2.24) is 4.98 Å². The average molecular weight is 245 g/mol. The van der Waals surface area contributed by atoms with Crippen LogP contribution in [0.5, 0.6) is 0 Å². The fourth-order valence-electron chi connectivity index (χ4n) is 2.08. The van der Waals surface area contributed by atoms with Crippen molar-refractivity contribution < 1.29 is 9.84 Å². The van der Waals surface area contributed by atoms with Crippen molar-refractivity contribution in [2.24, 2.45) is 0 Å². The molecule has 0 saturated heterocycles. The lowest BCUT2D eigenvalue weighted by molar-refractivity contribution is 0.115. The van der Waals surface area contributed by atoms with Crippen molar-refractivity contribution in [2.75, 3.05) is 13.2 Å². The Morgan fingerprint density at radius 3 is 2.94 bits per heavy atom. The standard InChI is InChI=1S/C15H19NO2/c1-2-18-11-5-9-14(17)13-8-3-6-12-7-4-10-16-15(12)13/h3-4,6-8,10,14,17H,2,5,9,11H2,1H3. The second-order valence-electron chi connectivity index (χ2n) is 4.28. The molecule has 1 N–H and O–H groups in total. The van der Waals surface area contributed by atoms with Crippen LogP contribution >= 0.6 is 0 Å². The largest absolute Gasteiger partial charge is 0.388 e. The first-order chi connectivity index (χ1) is 8.83. The lowest BCUT2D eigenvalue weighted by Gasteiger charge is -2.12. The van der Waals surface area contributed by atoms with E-state index < -0.39 is 6.10 Å². The quantitative estimate of drug-likeness (QED) is 0.795. The number of aliphatic hydroxyl groups excluding tert-OH is 1. The first kappa shape index (κ1) is 13.0. The molecule has 1 aromatic carbocycles. The van der Waals surface area contributed by atoms with Gasteiger partial charge in [0.2, 0.25) is 0 Å². The molecule has 1 aromatic heterocycles. The van der Waals surface area contributed by atoms with Crippen LogP contribution in [0.4, 0.5) is 0 Å². The summed E-state index contributed by atoms with van der Waals surface area (Å²) in [5.74, 6) is 0. The van der Waals surface area contributed by atoms with E-state index in [9.17, 15) is 5.11 Å². The summed E-state index contributed by atoms with van der Waals surface area (Å²) in [5.41, 5.74) is 1.80. The molecule has 2 rings (SSSR count). The lowest BCUT2D eigenvalue weighted by Crippen LogP contribution is -2.02. The highest BCUT2D eigenvalue weighted by Crippen LogP contribution is 2.25. The summed E-state index contributed by atoms with van der Waals surface area (Å²) in [6.45, 7) is 3.41. The summed E-state index contributed by atoms with van der Waals surface area (Å²) in [5, 5.41) is 11.3. The Morgan fingerprint density at radius 2 is 2.11 bits per heavy atom. The van der Waals surface area contributed by atoms with Gasteiger partial charge in [-0.05, 0) is 25.8 Å². The monoisotopic (exact) mass is 245 g/mol. The van der Waals surface area contributed by atoms with Crippen LogP contribution in [-0.2, 0) is 4.74 Å². The summed E-state index contributed by atoms with van der Waals surface area (Å²) in [4.78, 5) is 4.36. The highest BCUT2D eigenvalue weighted by atomic mass is 16.5. The fourth-order valence-corrected chi connectivity index (χ4v) is 2.08. The van der Waals surface area contributed by atoms with Gasteiger partial charge in [0.1, 0.15) is 0 Å². The van der Waals surface area contributed by atoms with Gasteiger partial charge in [-0.3, -0.25) is 4.98 Å². The predicted octanol–water partition coefficient (Wildman–Crippen LogP) is 3.08. The van der Waals surface area contributed by atoms with E-state index in [1.165, 1.54) is 0 Å². The Hall–Kier alpha value is -1.45. The van der Waals surface area contributed by atoms with Crippen molar-refractivity contribution in [3.63, 3.8) is 0 Å². The van der Waals surface area contributed by atoms with Gasteiger partial charge in [0.05, 0.1) is 11.6 Å². The number of ether oxygens (including phenoxy) is 1. The zero-order valence-corrected chi connectivity index (χ0v) is 10.7. The molecule has 1 heterocycles. The van der Waals surface area contributed by atoms with E-state index >= 15 is 0 Å². The van der Waals surface area contributed by atoms with Gasteiger partial charge in [0.25, 0.3) is 0 Å². The predicted molar refractivity (Wildman–Crippen MR) is 72.4 cm³/mol. The van der Waals surface area contributed by atoms with Crippen molar-refractivity contribution in [3.05, 3.63) is 42.1 Å². The number of para-hydroxylation sites is 1. The molecular weight excluding hydrogens is 226 g/mol. The number of pyridine rings is 1. The molecule has 1 atom stereocenters. The molecule has 0 radical (unpaired) electrons. The van der Waals surface area contributed by atoms with Gasteiger partial charge in [-0.15, -0.1) is 0 Å². The van der Waals surface area contributed by atoms with E-state index in [0.717, 1.165) is 29.5 Å². The molecular formula is C15H19NO2. The Morgan fingerprint density at radius 1 is 1.28 bits per heavy atom. The Kier molecular flexibility index (Phi) is 4.67. The van der Waals surface area contributed by atoms with Gasteiger partial charge in [-0.2, -0.15) is 0 Å². The van der Waals surface area contributed by atoms with Crippen LogP contribution in [0.2, 0.25) is 0 Å². The summed E-state index contributed by atoms with van der Waals surface area (Å²) in [6, 6.07) is 9.84. The highest BCUT2D eigenvalue weighted by molar-refractivity contribution is 5.81. The SMILES string of the molecule is CCOCCCC(O)c1cccc2cccnc12. The number of nitrogens with zero attached hydrogens (tertiary/aromatic N) is 1. The van der Waals surface area contributed by atoms with Crippen LogP contribution in [0.25, 0.3) is 10.9 Å². The minimum Gasteiger partial charge on any atom is -0.388 e. The summed E-state index contributed by atoms with van der Waals surface area (Å²) in [7, 11) is 0. The summed E-state index contributed by atoms with van der Waals surface area (Å²) in [6.07, 6.45) is 2.86. The minimum absolute atomic E-state index is 0.468. The van der Waals surface area contributed by atoms with Crippen molar-refractivity contribution in [2.45, 2.75) is 25.9 Å². The van der Waals surface area contributed by atoms with Crippen LogP contribution < -0.4 is 0 Å².